The second kappa shape index (κ2) is 7.63. The molecule has 0 spiro atoms. The van der Waals surface area contributed by atoms with Crippen molar-refractivity contribution in [3.05, 3.63) is 70.4 Å². The summed E-state index contributed by atoms with van der Waals surface area (Å²) in [7, 11) is 1.59. The van der Waals surface area contributed by atoms with E-state index >= 15 is 0 Å². The predicted molar refractivity (Wildman–Crippen MR) is 96.0 cm³/mol. The molecule has 0 amide bonds. The third-order valence-electron chi connectivity index (χ3n) is 3.51. The van der Waals surface area contributed by atoms with Crippen molar-refractivity contribution in [2.45, 2.75) is 10.1 Å². The summed E-state index contributed by atoms with van der Waals surface area (Å²) in [6, 6.07) is 15.6. The largest absolute Gasteiger partial charge is 0.497 e. The third kappa shape index (κ3) is 3.63. The molecule has 1 aromatic carbocycles. The Morgan fingerprint density at radius 2 is 1.92 bits per heavy atom. The lowest BCUT2D eigenvalue weighted by Gasteiger charge is -2.07. The minimum atomic E-state index is -0.505. The van der Waals surface area contributed by atoms with Crippen LogP contribution in [0.5, 0.6) is 5.75 Å². The summed E-state index contributed by atoms with van der Waals surface area (Å²) in [5.41, 5.74) is 1.69. The average Bonchev–Trinajstić information content (AvgIpc) is 2.68. The highest BCUT2D eigenvalue weighted by atomic mass is 32.2. The van der Waals surface area contributed by atoms with Crippen molar-refractivity contribution < 1.29 is 9.66 Å². The smallest absolute Gasteiger partial charge is 0.301 e. The van der Waals surface area contributed by atoms with E-state index in [1.807, 2.05) is 24.3 Å². The van der Waals surface area contributed by atoms with Crippen molar-refractivity contribution in [3.8, 4) is 23.1 Å². The van der Waals surface area contributed by atoms with Gasteiger partial charge in [-0.05, 0) is 54.2 Å². The highest BCUT2D eigenvalue weighted by Crippen LogP contribution is 2.34. The van der Waals surface area contributed by atoms with E-state index in [0.717, 1.165) is 23.1 Å². The molecule has 0 aliphatic carbocycles. The Morgan fingerprint density at radius 3 is 2.58 bits per heavy atom. The van der Waals surface area contributed by atoms with E-state index in [9.17, 15) is 15.4 Å². The molecule has 0 saturated carbocycles. The maximum atomic E-state index is 11.2. The highest BCUT2D eigenvalue weighted by Gasteiger charge is 2.18. The zero-order valence-corrected chi connectivity index (χ0v) is 14.4. The van der Waals surface area contributed by atoms with Crippen LogP contribution in [0.1, 0.15) is 5.56 Å². The van der Waals surface area contributed by atoms with Crippen LogP contribution in [-0.4, -0.2) is 22.0 Å². The van der Waals surface area contributed by atoms with E-state index in [1.54, 1.807) is 19.2 Å². The van der Waals surface area contributed by atoms with Gasteiger partial charge in [0.2, 0.25) is 0 Å². The summed E-state index contributed by atoms with van der Waals surface area (Å²) in [5, 5.41) is 21.1. The lowest BCUT2D eigenvalue weighted by Crippen LogP contribution is -1.95. The molecular formula is C18H12N4O3S. The Kier molecular flexibility index (Phi) is 5.10. The zero-order chi connectivity index (χ0) is 18.5. The quantitative estimate of drug-likeness (QED) is 0.496. The number of methoxy groups -OCH3 is 1. The molecule has 128 valence electrons. The Hall–Kier alpha value is -3.44. The van der Waals surface area contributed by atoms with E-state index in [4.69, 9.17) is 4.74 Å². The van der Waals surface area contributed by atoms with Crippen molar-refractivity contribution in [3.63, 3.8) is 0 Å². The first-order valence-corrected chi connectivity index (χ1v) is 8.27. The van der Waals surface area contributed by atoms with Gasteiger partial charge in [0, 0.05) is 17.8 Å². The minimum Gasteiger partial charge on any atom is -0.497 e. The van der Waals surface area contributed by atoms with Gasteiger partial charge < -0.3 is 4.74 Å². The van der Waals surface area contributed by atoms with E-state index in [2.05, 4.69) is 16.0 Å². The topological polar surface area (TPSA) is 102 Å². The molecule has 0 saturated heterocycles. The normalized spacial score (nSPS) is 10.2. The van der Waals surface area contributed by atoms with Gasteiger partial charge in [-0.1, -0.05) is 0 Å². The molecule has 0 radical (unpaired) electrons. The fourth-order valence-electron chi connectivity index (χ4n) is 2.22. The van der Waals surface area contributed by atoms with E-state index < -0.39 is 4.92 Å². The molecule has 26 heavy (non-hydrogen) atoms. The van der Waals surface area contributed by atoms with Crippen LogP contribution in [-0.2, 0) is 0 Å². The van der Waals surface area contributed by atoms with Gasteiger partial charge in [0.1, 0.15) is 16.8 Å². The Morgan fingerprint density at radius 1 is 1.15 bits per heavy atom. The van der Waals surface area contributed by atoms with Crippen molar-refractivity contribution in [2.75, 3.05) is 7.11 Å². The van der Waals surface area contributed by atoms with Crippen LogP contribution in [0.4, 0.5) is 5.69 Å². The first-order valence-electron chi connectivity index (χ1n) is 7.45. The molecule has 0 unspecified atom stereocenters. The first-order chi connectivity index (χ1) is 12.6. The zero-order valence-electron chi connectivity index (χ0n) is 13.6. The number of rotatable bonds is 5. The number of nitrogens with zero attached hydrogens (tertiary/aromatic N) is 4. The Bertz CT molecular complexity index is 1000. The number of nitro groups is 1. The summed E-state index contributed by atoms with van der Waals surface area (Å²) in [6.45, 7) is 0. The summed E-state index contributed by atoms with van der Waals surface area (Å²) in [5.74, 6) is 0.723. The Balaban J connectivity index is 2.01. The maximum absolute atomic E-state index is 11.2. The number of hydrogen-bond acceptors (Lipinski definition) is 7. The Labute approximate surface area is 153 Å². The molecule has 3 aromatic rings. The lowest BCUT2D eigenvalue weighted by atomic mass is 10.1. The van der Waals surface area contributed by atoms with Gasteiger partial charge in [0.15, 0.2) is 5.03 Å². The maximum Gasteiger partial charge on any atom is 0.301 e. The van der Waals surface area contributed by atoms with Crippen molar-refractivity contribution >= 4 is 17.4 Å². The van der Waals surface area contributed by atoms with E-state index in [-0.39, 0.29) is 10.7 Å². The number of benzene rings is 1. The van der Waals surface area contributed by atoms with Gasteiger partial charge in [0.25, 0.3) is 0 Å². The number of hydrogen-bond donors (Lipinski definition) is 0. The fraction of sp³-hybridized carbons (Fsp3) is 0.0556. The minimum absolute atomic E-state index is 0.127. The van der Waals surface area contributed by atoms with Gasteiger partial charge in [-0.25, -0.2) is 9.97 Å². The molecule has 0 aliphatic rings. The number of pyridine rings is 2. The highest BCUT2D eigenvalue weighted by molar-refractivity contribution is 7.99. The number of aromatic nitrogens is 2. The molecule has 0 fully saturated rings. The molecule has 2 aromatic heterocycles. The van der Waals surface area contributed by atoms with Gasteiger partial charge in [-0.2, -0.15) is 5.26 Å². The second-order valence-electron chi connectivity index (χ2n) is 5.08. The molecular weight excluding hydrogens is 352 g/mol. The predicted octanol–water partition coefficient (Wildman–Crippen LogP) is 4.08. The molecule has 8 heteroatoms. The monoisotopic (exact) mass is 364 g/mol. The summed E-state index contributed by atoms with van der Waals surface area (Å²) < 4.78 is 5.14. The van der Waals surface area contributed by atoms with Crippen LogP contribution in [0.2, 0.25) is 0 Å². The van der Waals surface area contributed by atoms with Crippen molar-refractivity contribution in [1.29, 1.82) is 5.26 Å². The van der Waals surface area contributed by atoms with Gasteiger partial charge >= 0.3 is 5.69 Å². The average molecular weight is 364 g/mol. The summed E-state index contributed by atoms with van der Waals surface area (Å²) in [6.07, 6.45) is 1.47. The molecule has 7 nitrogen and oxygen atoms in total. The lowest BCUT2D eigenvalue weighted by molar-refractivity contribution is -0.388. The third-order valence-corrected chi connectivity index (χ3v) is 4.52. The first kappa shape index (κ1) is 17.4. The number of nitriles is 1. The van der Waals surface area contributed by atoms with E-state index in [0.29, 0.717) is 16.3 Å². The van der Waals surface area contributed by atoms with E-state index in [1.165, 1.54) is 18.3 Å². The van der Waals surface area contributed by atoms with Crippen LogP contribution < -0.4 is 4.74 Å². The second-order valence-corrected chi connectivity index (χ2v) is 6.05. The van der Waals surface area contributed by atoms with Crippen LogP contribution in [0.15, 0.2) is 64.8 Å². The van der Waals surface area contributed by atoms with Gasteiger partial charge in [0.05, 0.1) is 23.3 Å². The summed E-state index contributed by atoms with van der Waals surface area (Å²) in [4.78, 5) is 19.2. The van der Waals surface area contributed by atoms with Crippen molar-refractivity contribution in [2.24, 2.45) is 0 Å². The number of ether oxygens (including phenoxy) is 1. The van der Waals surface area contributed by atoms with Crippen LogP contribution >= 0.6 is 11.8 Å². The standard InChI is InChI=1S/C18H12N4O3S/c1-25-14-7-4-12(5-8-14)15-9-6-13(11-19)17(21-15)26-18-16(22(23)24)3-2-10-20-18/h2-10H,1H3. The molecule has 0 N–H and O–H groups in total. The van der Waals surface area contributed by atoms with Crippen LogP contribution in [0.3, 0.4) is 0 Å². The fourth-order valence-corrected chi connectivity index (χ4v) is 3.13. The molecule has 2 heterocycles. The molecule has 0 bridgehead atoms. The van der Waals surface area contributed by atoms with Crippen LogP contribution in [0, 0.1) is 21.4 Å². The molecule has 0 atom stereocenters. The van der Waals surface area contributed by atoms with Crippen LogP contribution in [0.25, 0.3) is 11.3 Å². The SMILES string of the molecule is COc1ccc(-c2ccc(C#N)c(Sc3ncccc3[N+](=O)[O-])n2)cc1. The summed E-state index contributed by atoms with van der Waals surface area (Å²) >= 11 is 0.999. The molecule has 0 aliphatic heterocycles. The van der Waals surface area contributed by atoms with Crippen molar-refractivity contribution in [1.82, 2.24) is 9.97 Å². The van der Waals surface area contributed by atoms with Gasteiger partial charge in [-0.3, -0.25) is 10.1 Å². The molecule has 3 rings (SSSR count). The van der Waals surface area contributed by atoms with Gasteiger partial charge in [-0.15, -0.1) is 0 Å².